The molecule has 24 heteroatoms. The number of anilines is 4. The number of hydrogen-bond donors (Lipinski definition) is 4. The first-order valence-electron chi connectivity index (χ1n) is 15.4. The summed E-state index contributed by atoms with van der Waals surface area (Å²) in [5, 5.41) is 12.6. The van der Waals surface area contributed by atoms with Crippen LogP contribution in [-0.4, -0.2) is 67.9 Å². The fraction of sp³-hybridized carbons (Fsp3) is 0.0294. The summed E-state index contributed by atoms with van der Waals surface area (Å²) in [6.45, 7) is 1.42. The van der Waals surface area contributed by atoms with Gasteiger partial charge in [-0.3, -0.25) is 20.4 Å². The predicted molar refractivity (Wildman–Crippen MR) is 197 cm³/mol. The Morgan fingerprint density at radius 2 is 1.03 bits per heavy atom. The van der Waals surface area contributed by atoms with Crippen molar-refractivity contribution in [1.29, 1.82) is 0 Å². The second-order valence-corrected chi connectivity index (χ2v) is 15.8. The van der Waals surface area contributed by atoms with E-state index < -0.39 is 74.1 Å². The number of nitrogens with zero attached hydrogens (tertiary/aromatic N) is 2. The Morgan fingerprint density at radius 1 is 0.569 bits per heavy atom. The van der Waals surface area contributed by atoms with Crippen molar-refractivity contribution in [2.24, 2.45) is 10.2 Å². The van der Waals surface area contributed by atoms with Crippen molar-refractivity contribution in [2.75, 3.05) is 21.5 Å². The second kappa shape index (κ2) is 19.4. The Bertz CT molecular complexity index is 2820. The minimum atomic E-state index is -5.31. The van der Waals surface area contributed by atoms with Crippen LogP contribution >= 0.6 is 0 Å². The van der Waals surface area contributed by atoms with Gasteiger partial charge in [-0.05, 0) is 102 Å². The molecule has 0 bridgehead atoms. The van der Waals surface area contributed by atoms with Gasteiger partial charge in [0.15, 0.2) is 0 Å². The van der Waals surface area contributed by atoms with E-state index in [1.807, 2.05) is 0 Å². The first-order valence-corrected chi connectivity index (χ1v) is 19.6. The predicted octanol–water partition coefficient (Wildman–Crippen LogP) is -5.34. The average Bonchev–Trinajstić information content (AvgIpc) is 3.10. The van der Waals surface area contributed by atoms with Crippen LogP contribution in [0.5, 0.6) is 0 Å². The summed E-state index contributed by atoms with van der Waals surface area (Å²) in [6.07, 6.45) is 1.83. The van der Waals surface area contributed by atoms with Crippen LogP contribution in [0.4, 0.5) is 27.5 Å². The zero-order valence-electron chi connectivity index (χ0n) is 30.8. The largest absolute Gasteiger partial charge is 1.00 e. The van der Waals surface area contributed by atoms with Crippen molar-refractivity contribution >= 4 is 94.3 Å². The Labute approximate surface area is 397 Å². The number of amides is 2. The van der Waals surface area contributed by atoms with Crippen molar-refractivity contribution < 1.29 is 142 Å². The molecular formula is C34H23N6Na3O12S3. The van der Waals surface area contributed by atoms with Crippen LogP contribution in [0, 0.1) is 6.92 Å². The maximum Gasteiger partial charge on any atom is 1.00 e. The van der Waals surface area contributed by atoms with Crippen molar-refractivity contribution in [3.05, 3.63) is 123 Å². The molecule has 4 N–H and O–H groups in total. The first-order chi connectivity index (χ1) is 25.8. The van der Waals surface area contributed by atoms with E-state index >= 15 is 0 Å². The Balaban J connectivity index is 0.00000300. The summed E-state index contributed by atoms with van der Waals surface area (Å²) in [6, 6.07) is 18.2. The Morgan fingerprint density at radius 3 is 1.47 bits per heavy atom. The molecule has 58 heavy (non-hydrogen) atoms. The molecule has 0 aromatic heterocycles. The van der Waals surface area contributed by atoms with Crippen molar-refractivity contribution in [3.8, 4) is 0 Å². The summed E-state index contributed by atoms with van der Waals surface area (Å²) in [4.78, 5) is 37.1. The number of ketones is 2. The minimum Gasteiger partial charge on any atom is -0.744 e. The fourth-order valence-corrected chi connectivity index (χ4v) is 7.23. The molecular weight excluding hydrogens is 850 g/mol. The number of para-hydroxylation sites is 1. The van der Waals surface area contributed by atoms with Crippen LogP contribution in [0.1, 0.15) is 37.4 Å². The third kappa shape index (κ3) is 11.3. The van der Waals surface area contributed by atoms with Gasteiger partial charge in [-0.25, -0.2) is 30.0 Å². The monoisotopic (exact) mass is 872 g/mol. The zero-order valence-corrected chi connectivity index (χ0v) is 39.2. The number of Topliss-reactive ketones (excluding diaryl/α,β-unsaturated/α-hetero) is 2. The second-order valence-electron chi connectivity index (χ2n) is 11.7. The molecule has 282 valence electrons. The van der Waals surface area contributed by atoms with Gasteiger partial charge in [0.25, 0.3) is 0 Å². The number of aryl methyl sites for hydroxylation is 1. The van der Waals surface area contributed by atoms with E-state index in [1.54, 1.807) is 30.3 Å². The molecule has 0 saturated heterocycles. The average molecular weight is 873 g/mol. The zero-order chi connectivity index (χ0) is 39.9. The molecule has 0 spiro atoms. The third-order valence-corrected chi connectivity index (χ3v) is 10.5. The Kier molecular flexibility index (Phi) is 16.4. The molecule has 4 aromatic carbocycles. The number of fused-ring (bicyclic) bond motifs is 2. The molecule has 2 aliphatic carbocycles. The summed E-state index contributed by atoms with van der Waals surface area (Å²) in [5.74, 6) is -1.85. The summed E-state index contributed by atoms with van der Waals surface area (Å²) < 4.78 is 107. The van der Waals surface area contributed by atoms with Gasteiger partial charge in [0, 0.05) is 22.5 Å². The number of urea groups is 1. The topological polar surface area (TPSA) is 296 Å². The Hall–Kier alpha value is -3.36. The number of nitrogens with one attached hydrogen (secondary N) is 4. The maximum absolute atomic E-state index is 13.4. The number of hydrazone groups is 2. The van der Waals surface area contributed by atoms with Gasteiger partial charge in [-0.1, -0.05) is 18.2 Å². The number of benzene rings is 4. The van der Waals surface area contributed by atoms with Gasteiger partial charge in [-0.2, -0.15) is 10.2 Å². The fourth-order valence-electron chi connectivity index (χ4n) is 5.38. The van der Waals surface area contributed by atoms with Crippen molar-refractivity contribution in [1.82, 2.24) is 0 Å². The van der Waals surface area contributed by atoms with Crippen LogP contribution in [0.3, 0.4) is 0 Å². The van der Waals surface area contributed by atoms with Crippen LogP contribution in [0.25, 0.3) is 12.2 Å². The van der Waals surface area contributed by atoms with Gasteiger partial charge in [0.2, 0.25) is 11.6 Å². The van der Waals surface area contributed by atoms with E-state index in [0.29, 0.717) is 5.69 Å². The molecule has 0 unspecified atom stereocenters. The van der Waals surface area contributed by atoms with E-state index in [4.69, 9.17) is 0 Å². The van der Waals surface area contributed by atoms with Gasteiger partial charge in [0.05, 0.1) is 26.1 Å². The summed E-state index contributed by atoms with van der Waals surface area (Å²) in [5.41, 5.74) is 4.18. The summed E-state index contributed by atoms with van der Waals surface area (Å²) >= 11 is 0. The van der Waals surface area contributed by atoms with Gasteiger partial charge in [0.1, 0.15) is 41.8 Å². The van der Waals surface area contributed by atoms with E-state index in [-0.39, 0.29) is 134 Å². The molecule has 0 atom stereocenters. The van der Waals surface area contributed by atoms with Gasteiger partial charge < -0.3 is 24.3 Å². The number of rotatable bonds is 9. The minimum absolute atomic E-state index is 0. The standard InChI is InChI=1S/C34H26N6O12S3.3Na/c1-18-13-24(53(44,45)46)9-12-27(18)38-40-31-29(55(50,51)52)17-20-15-23(8-11-26(20)33(31)42)36-34(43)35-22-7-10-25-19(14-22)16-28(54(47,48)49)30(32(25)41)39-37-21-5-3-2-4-6-21;;;/h2-17,37-38H,1H3,(H2,35,36,43)(H,44,45,46)(H,47,48,49)(H,50,51,52);;;/q;3*+1/p-3/b39-30+,40-31+;;;. The molecule has 2 aliphatic rings. The molecule has 6 rings (SSSR count). The first kappa shape index (κ1) is 49.0. The molecule has 0 fully saturated rings. The molecule has 0 radical (unpaired) electrons. The molecule has 4 aromatic rings. The number of hydrogen-bond acceptors (Lipinski definition) is 16. The smallest absolute Gasteiger partial charge is 0.744 e. The summed E-state index contributed by atoms with van der Waals surface area (Å²) in [7, 11) is -15.3. The van der Waals surface area contributed by atoms with Crippen LogP contribution in [0.2, 0.25) is 0 Å². The van der Waals surface area contributed by atoms with E-state index in [2.05, 4.69) is 31.7 Å². The van der Waals surface area contributed by atoms with Crippen molar-refractivity contribution in [2.45, 2.75) is 11.8 Å². The van der Waals surface area contributed by atoms with Gasteiger partial charge >= 0.3 is 94.7 Å². The van der Waals surface area contributed by atoms with E-state index in [0.717, 1.165) is 30.4 Å². The number of carbonyl (C=O) groups is 3. The van der Waals surface area contributed by atoms with Gasteiger partial charge in [-0.15, -0.1) is 0 Å². The third-order valence-electron chi connectivity index (χ3n) is 7.96. The molecule has 2 amide bonds. The molecule has 0 aliphatic heterocycles. The maximum atomic E-state index is 13.4. The van der Waals surface area contributed by atoms with Crippen molar-refractivity contribution in [3.63, 3.8) is 0 Å². The quantitative estimate of drug-likeness (QED) is 0.0694. The molecule has 0 saturated carbocycles. The SMILES string of the molecule is Cc1cc(S(=O)(=O)[O-])ccc1N/N=C1/C(=O)c2ccc(NC(=O)Nc3ccc4c(c3)C=C(S(=O)(=O)[O-])/C(=N\Nc3ccccc3)C4=O)cc2C=C1S(=O)(=O)[O-].[Na+].[Na+].[Na+]. The normalized spacial score (nSPS) is 15.0. The molecule has 18 nitrogen and oxygen atoms in total. The van der Waals surface area contributed by atoms with E-state index in [9.17, 15) is 53.3 Å². The van der Waals surface area contributed by atoms with Crippen LogP contribution in [0.15, 0.2) is 110 Å². The number of carbonyl (C=O) groups excluding carboxylic acids is 3. The van der Waals surface area contributed by atoms with Crippen LogP contribution in [-0.2, 0) is 30.4 Å². The number of allylic oxidation sites excluding steroid dienone is 2. The van der Waals surface area contributed by atoms with E-state index in [1.165, 1.54) is 43.3 Å². The van der Waals surface area contributed by atoms with Crippen LogP contribution < -0.4 is 110 Å². The molecule has 0 heterocycles.